The summed E-state index contributed by atoms with van der Waals surface area (Å²) >= 11 is 0. The molecule has 1 heteroatoms. The van der Waals surface area contributed by atoms with Crippen LogP contribution in [0.3, 0.4) is 0 Å². The summed E-state index contributed by atoms with van der Waals surface area (Å²) in [5.74, 6) is 0. The summed E-state index contributed by atoms with van der Waals surface area (Å²) < 4.78 is 14.3. The van der Waals surface area contributed by atoms with Crippen molar-refractivity contribution in [2.45, 2.75) is 65.1 Å². The molecule has 0 aliphatic carbocycles. The summed E-state index contributed by atoms with van der Waals surface area (Å²) in [6, 6.07) is 11.7. The zero-order valence-electron chi connectivity index (χ0n) is 12.0. The third kappa shape index (κ3) is 0.0904. The first kappa shape index (κ1) is 7.88. The molecular weight excluding hydrogens is 279 g/mol. The van der Waals surface area contributed by atoms with E-state index in [0.29, 0.717) is 5.41 Å². The molecule has 0 N–H and O–H groups in total. The van der Waals surface area contributed by atoms with E-state index in [1.165, 1.54) is 41.7 Å². The van der Waals surface area contributed by atoms with Crippen molar-refractivity contribution < 1.29 is 7.25 Å². The van der Waals surface area contributed by atoms with E-state index >= 15 is 0 Å². The van der Waals surface area contributed by atoms with Crippen molar-refractivity contribution in [1.29, 1.82) is 0 Å². The molecule has 11 rings (SSSR count). The molecule has 10 heterocycles. The molecule has 1 aromatic carbocycles. The second kappa shape index (κ2) is 0.707. The van der Waals surface area contributed by atoms with Gasteiger partial charge in [-0.2, -0.15) is 0 Å². The van der Waals surface area contributed by atoms with Crippen molar-refractivity contribution in [1.82, 2.24) is 0 Å². The molecule has 0 radical (unpaired) electrons. The Morgan fingerprint density at radius 1 is 0.800 bits per heavy atom. The molecule has 10 saturated heterocycles. The van der Waals surface area contributed by atoms with E-state index in [4.69, 9.17) is 0 Å². The molecule has 0 aromatic heterocycles. The molecule has 10 aliphatic rings. The minimum atomic E-state index is -3.23. The van der Waals surface area contributed by atoms with Crippen LogP contribution < -0.4 is 0 Å². The molecule has 0 amide bonds. The quantitative estimate of drug-likeness (QED) is 0.655. The maximum absolute atomic E-state index is 3.23. The van der Waals surface area contributed by atoms with Crippen LogP contribution in [-0.4, -0.2) is 0 Å². The van der Waals surface area contributed by atoms with Crippen LogP contribution in [0.5, 0.6) is 0 Å². The van der Waals surface area contributed by atoms with Crippen LogP contribution in [0.4, 0.5) is 0 Å². The molecule has 0 saturated carbocycles. The van der Waals surface area contributed by atoms with Crippen molar-refractivity contribution in [2.24, 2.45) is 0 Å². The Hall–Kier alpha value is -0.196. The second-order valence-electron chi connectivity index (χ2n) is 14.7. The minimum absolute atomic E-state index is 0.539. The molecule has 1 aromatic rings. The van der Waals surface area contributed by atoms with Crippen LogP contribution in [0.1, 0.15) is 19.4 Å². The van der Waals surface area contributed by atoms with Gasteiger partial charge >= 0.3 is 108 Å². The Kier molecular flexibility index (Phi) is 0.279. The van der Waals surface area contributed by atoms with Crippen LogP contribution in [0.2, 0.25) is 45.8 Å². The maximum atomic E-state index is 2.69. The predicted molar refractivity (Wildman–Crippen MR) is 75.9 cm³/mol. The van der Waals surface area contributed by atoms with Crippen molar-refractivity contribution in [3.8, 4) is 0 Å². The van der Waals surface area contributed by atoms with Crippen LogP contribution >= 0.6 is 0 Å². The van der Waals surface area contributed by atoms with Crippen LogP contribution in [0, 0.1) is 0 Å². The molecule has 1 spiro atoms. The fourth-order valence-electron chi connectivity index (χ4n) is 24.1. The first-order valence-corrected chi connectivity index (χ1v) is 17.2. The first-order chi connectivity index (χ1) is 9.40. The Balaban J connectivity index is 1.44. The number of benzene rings is 1. The van der Waals surface area contributed by atoms with Crippen molar-refractivity contribution in [2.75, 3.05) is 0 Å². The van der Waals surface area contributed by atoms with Gasteiger partial charge in [-0.25, -0.2) is 0 Å². The van der Waals surface area contributed by atoms with Gasteiger partial charge in [0.15, 0.2) is 0 Å². The van der Waals surface area contributed by atoms with Gasteiger partial charge in [0, 0.05) is 0 Å². The van der Waals surface area contributed by atoms with Gasteiger partial charge in [-0.3, -0.25) is 0 Å². The third-order valence-electron chi connectivity index (χ3n) is 20.7. The molecule has 10 fully saturated rings. The monoisotopic (exact) mass is 299 g/mol. The molecular formula is C19H20V. The molecule has 20 heavy (non-hydrogen) atoms. The van der Waals surface area contributed by atoms with Gasteiger partial charge in [0.1, 0.15) is 0 Å². The van der Waals surface area contributed by atoms with Gasteiger partial charge in [0.25, 0.3) is 0 Å². The van der Waals surface area contributed by atoms with Gasteiger partial charge in [-0.15, -0.1) is 0 Å². The van der Waals surface area contributed by atoms with Gasteiger partial charge in [0.2, 0.25) is 0 Å². The Morgan fingerprint density at radius 2 is 1.30 bits per heavy atom. The molecule has 10 aliphatic heterocycles. The molecule has 0 bridgehead atoms. The predicted octanol–water partition coefficient (Wildman–Crippen LogP) is 5.72. The fourth-order valence-corrected chi connectivity index (χ4v) is 131. The van der Waals surface area contributed by atoms with Crippen molar-refractivity contribution in [3.63, 3.8) is 0 Å². The average Bonchev–Trinajstić information content (AvgIpc) is 3.39. The van der Waals surface area contributed by atoms with Crippen LogP contribution in [0.15, 0.2) is 30.3 Å². The Bertz CT molecular complexity index is 1110. The summed E-state index contributed by atoms with van der Waals surface area (Å²) in [6.45, 7) is 5.38. The summed E-state index contributed by atoms with van der Waals surface area (Å²) in [5, 5.41) is 0. The van der Waals surface area contributed by atoms with E-state index in [-0.39, 0.29) is 0 Å². The number of rotatable bonds is 2. The van der Waals surface area contributed by atoms with E-state index in [1.54, 1.807) is 5.56 Å². The standard InChI is InChI=1S/C14H15.C5H5.V/c1-14(2,13-10-6-7-11-13)12-8-4-3-5-9-12;1-2-4-5-3-1;/h3-11H,1-2H3;1-5H;. The van der Waals surface area contributed by atoms with Crippen molar-refractivity contribution >= 4 is 0 Å². The Labute approximate surface area is 108 Å². The van der Waals surface area contributed by atoms with Crippen LogP contribution in [-0.2, 0) is 12.7 Å². The van der Waals surface area contributed by atoms with Gasteiger partial charge < -0.3 is 0 Å². The number of hydrogen-bond donors (Lipinski definition) is 0. The van der Waals surface area contributed by atoms with Gasteiger partial charge in [-0.1, -0.05) is 0 Å². The number of fused-ring (bicyclic) bond motifs is 10. The van der Waals surface area contributed by atoms with Gasteiger partial charge in [0.05, 0.1) is 0 Å². The first-order valence-electron chi connectivity index (χ1n) is 9.20. The zero-order chi connectivity index (χ0) is 12.6. The zero-order valence-corrected chi connectivity index (χ0v) is 13.4. The molecule has 0 nitrogen and oxygen atoms in total. The topological polar surface area (TPSA) is 0 Å². The van der Waals surface area contributed by atoms with E-state index < -0.39 is 7.25 Å². The normalized spacial score (nSPS) is 104. The number of hydrogen-bond acceptors (Lipinski definition) is 0. The average molecular weight is 299 g/mol. The SMILES string of the molecule is CC(C)(c1ccccc1)[C]12[CH]3[CH]4[CH]5[CH]1[V]45321678[CH]2[CH]1[CH]6[CH]7[CH]28. The molecule has 4 unspecified atom stereocenters. The van der Waals surface area contributed by atoms with E-state index in [9.17, 15) is 0 Å². The summed E-state index contributed by atoms with van der Waals surface area (Å²) in [7, 11) is -3.23. The summed E-state index contributed by atoms with van der Waals surface area (Å²) in [4.78, 5) is 0. The summed E-state index contributed by atoms with van der Waals surface area (Å²) in [6.07, 6.45) is 0. The Morgan fingerprint density at radius 3 is 1.65 bits per heavy atom. The molecule has 4 atom stereocenters. The molecule has 101 valence electrons. The van der Waals surface area contributed by atoms with E-state index in [1.807, 2.05) is 0 Å². The summed E-state index contributed by atoms with van der Waals surface area (Å²) in [5.41, 5.74) is 2.25. The fraction of sp³-hybridized carbons (Fsp3) is 0.684. The second-order valence-corrected chi connectivity index (χ2v) is 44.5. The van der Waals surface area contributed by atoms with E-state index in [0.717, 1.165) is 4.13 Å². The van der Waals surface area contributed by atoms with Gasteiger partial charge in [-0.05, 0) is 0 Å². The van der Waals surface area contributed by atoms with Crippen LogP contribution in [0.25, 0.3) is 0 Å². The third-order valence-corrected chi connectivity index (χ3v) is 74.8. The van der Waals surface area contributed by atoms with E-state index in [2.05, 4.69) is 44.2 Å². The van der Waals surface area contributed by atoms with Crippen molar-refractivity contribution in [3.05, 3.63) is 35.9 Å².